The smallest absolute Gasteiger partial charge is 0.267 e. The molecule has 4 aromatic rings. The third-order valence-electron chi connectivity index (χ3n) is 5.67. The Morgan fingerprint density at radius 3 is 2.50 bits per heavy atom. The van der Waals surface area contributed by atoms with Crippen molar-refractivity contribution >= 4 is 40.6 Å². The average molecular weight is 421 g/mol. The Balaban J connectivity index is 1.54. The third-order valence-corrected chi connectivity index (χ3v) is 5.67. The van der Waals surface area contributed by atoms with E-state index >= 15 is 0 Å². The summed E-state index contributed by atoms with van der Waals surface area (Å²) in [6.45, 7) is 3.83. The number of phenols is 1. The molecule has 3 heterocycles. The highest BCUT2D eigenvalue weighted by Gasteiger charge is 2.37. The van der Waals surface area contributed by atoms with E-state index in [-0.39, 0.29) is 11.7 Å². The van der Waals surface area contributed by atoms with Crippen LogP contribution in [-0.4, -0.2) is 26.9 Å². The molecule has 6 heteroatoms. The highest BCUT2D eigenvalue weighted by molar-refractivity contribution is 6.34. The van der Waals surface area contributed by atoms with Gasteiger partial charge in [0.2, 0.25) is 0 Å². The molecule has 2 amide bonds. The van der Waals surface area contributed by atoms with Crippen LogP contribution in [0.25, 0.3) is 23.1 Å². The summed E-state index contributed by atoms with van der Waals surface area (Å²) in [6, 6.07) is 14.5. The highest BCUT2D eigenvalue weighted by atomic mass is 16.3. The molecule has 0 atom stereocenters. The summed E-state index contributed by atoms with van der Waals surface area (Å²) in [5.41, 5.74) is 4.85. The third kappa shape index (κ3) is 3.04. The van der Waals surface area contributed by atoms with Crippen LogP contribution < -0.4 is 4.90 Å². The summed E-state index contributed by atoms with van der Waals surface area (Å²) < 4.78 is 0. The zero-order valence-electron chi connectivity index (χ0n) is 17.5. The molecule has 0 aliphatic carbocycles. The van der Waals surface area contributed by atoms with Crippen LogP contribution in [0, 0.1) is 13.8 Å². The Bertz CT molecular complexity index is 1420. The second kappa shape index (κ2) is 7.42. The number of aromatic hydroxyl groups is 1. The lowest BCUT2D eigenvalue weighted by atomic mass is 10.0. The average Bonchev–Trinajstić information content (AvgIpc) is 3.06. The Labute approximate surface area is 184 Å². The number of hydrogen-bond donors (Lipinski definition) is 1. The summed E-state index contributed by atoms with van der Waals surface area (Å²) in [4.78, 5) is 35.5. The molecule has 156 valence electrons. The molecular weight excluding hydrogens is 402 g/mol. The maximum absolute atomic E-state index is 12.9. The van der Waals surface area contributed by atoms with E-state index in [0.717, 1.165) is 16.5 Å². The van der Waals surface area contributed by atoms with Crippen molar-refractivity contribution in [2.24, 2.45) is 0 Å². The molecule has 5 rings (SSSR count). The second-order valence-corrected chi connectivity index (χ2v) is 7.75. The molecule has 1 aliphatic heterocycles. The van der Waals surface area contributed by atoms with Gasteiger partial charge in [-0.1, -0.05) is 36.4 Å². The quantitative estimate of drug-likeness (QED) is 0.475. The fourth-order valence-corrected chi connectivity index (χ4v) is 4.03. The van der Waals surface area contributed by atoms with Crippen molar-refractivity contribution < 1.29 is 14.7 Å². The number of carbonyl (C=O) groups is 2. The van der Waals surface area contributed by atoms with Crippen molar-refractivity contribution in [1.82, 2.24) is 9.97 Å². The number of phenolic OH excluding ortho intramolecular Hbond substituents is 1. The van der Waals surface area contributed by atoms with Crippen LogP contribution in [0.4, 0.5) is 5.69 Å². The van der Waals surface area contributed by atoms with E-state index in [1.165, 1.54) is 17.3 Å². The number of imide groups is 1. The number of pyridine rings is 2. The lowest BCUT2D eigenvalue weighted by molar-refractivity contribution is 0.0926. The summed E-state index contributed by atoms with van der Waals surface area (Å²) in [6.07, 6.45) is 6.53. The van der Waals surface area contributed by atoms with Crippen molar-refractivity contribution in [3.8, 4) is 5.75 Å². The van der Waals surface area contributed by atoms with Gasteiger partial charge < -0.3 is 5.11 Å². The molecule has 0 saturated carbocycles. The van der Waals surface area contributed by atoms with E-state index < -0.39 is 5.91 Å². The van der Waals surface area contributed by atoms with Crippen molar-refractivity contribution in [3.05, 3.63) is 94.4 Å². The fourth-order valence-electron chi connectivity index (χ4n) is 4.03. The maximum Gasteiger partial charge on any atom is 0.267 e. The van der Waals surface area contributed by atoms with Gasteiger partial charge in [-0.05, 0) is 54.8 Å². The van der Waals surface area contributed by atoms with Gasteiger partial charge in [-0.2, -0.15) is 0 Å². The van der Waals surface area contributed by atoms with Crippen LogP contribution in [0.3, 0.4) is 0 Å². The number of aryl methyl sites for hydroxylation is 2. The molecule has 0 radical (unpaired) electrons. The molecule has 0 spiro atoms. The van der Waals surface area contributed by atoms with E-state index in [1.54, 1.807) is 24.3 Å². The van der Waals surface area contributed by atoms with Crippen molar-refractivity contribution in [1.29, 1.82) is 0 Å². The number of para-hydroxylation sites is 1. The molecule has 2 aromatic heterocycles. The molecule has 0 unspecified atom stereocenters. The lowest BCUT2D eigenvalue weighted by Crippen LogP contribution is -2.29. The van der Waals surface area contributed by atoms with Crippen molar-refractivity contribution in [2.45, 2.75) is 13.8 Å². The van der Waals surface area contributed by atoms with Gasteiger partial charge >= 0.3 is 0 Å². The number of nitrogens with zero attached hydrogens (tertiary/aromatic N) is 3. The number of rotatable bonds is 3. The first-order valence-electron chi connectivity index (χ1n) is 10.2. The summed E-state index contributed by atoms with van der Waals surface area (Å²) >= 11 is 0. The number of carbonyl (C=O) groups excluding carboxylic acids is 2. The van der Waals surface area contributed by atoms with Gasteiger partial charge in [-0.25, -0.2) is 9.88 Å². The topological polar surface area (TPSA) is 83.4 Å². The number of benzene rings is 2. The molecule has 0 bridgehead atoms. The van der Waals surface area contributed by atoms with E-state index in [9.17, 15) is 14.7 Å². The summed E-state index contributed by atoms with van der Waals surface area (Å²) in [7, 11) is 0. The predicted octanol–water partition coefficient (Wildman–Crippen LogP) is 4.92. The fraction of sp³-hybridized carbons (Fsp3) is 0.0769. The zero-order valence-corrected chi connectivity index (χ0v) is 17.5. The van der Waals surface area contributed by atoms with E-state index in [0.29, 0.717) is 33.6 Å². The largest absolute Gasteiger partial charge is 0.505 e. The number of hydrogen-bond acceptors (Lipinski definition) is 5. The van der Waals surface area contributed by atoms with Crippen LogP contribution in [0.15, 0.2) is 60.9 Å². The van der Waals surface area contributed by atoms with E-state index in [2.05, 4.69) is 9.97 Å². The molecule has 1 N–H and O–H groups in total. The Morgan fingerprint density at radius 1 is 0.906 bits per heavy atom. The minimum atomic E-state index is -0.390. The second-order valence-electron chi connectivity index (χ2n) is 7.75. The molecule has 32 heavy (non-hydrogen) atoms. The Hall–Kier alpha value is -4.32. The first kappa shape index (κ1) is 19.6. The normalized spacial score (nSPS) is 13.4. The lowest BCUT2D eigenvalue weighted by Gasteiger charge is -2.16. The van der Waals surface area contributed by atoms with Crippen LogP contribution in [-0.2, 0) is 0 Å². The highest BCUT2D eigenvalue weighted by Crippen LogP contribution is 2.32. The van der Waals surface area contributed by atoms with E-state index in [4.69, 9.17) is 0 Å². The molecule has 2 aromatic carbocycles. The van der Waals surface area contributed by atoms with Gasteiger partial charge in [0.25, 0.3) is 11.8 Å². The Kier molecular flexibility index (Phi) is 4.56. The molecule has 0 fully saturated rings. The van der Waals surface area contributed by atoms with E-state index in [1.807, 2.05) is 50.3 Å². The summed E-state index contributed by atoms with van der Waals surface area (Å²) in [5.74, 6) is -0.590. The van der Waals surface area contributed by atoms with Crippen LogP contribution in [0.1, 0.15) is 43.1 Å². The molecular formula is C26H19N3O3. The number of aromatic nitrogens is 2. The Morgan fingerprint density at radius 2 is 1.69 bits per heavy atom. The van der Waals surface area contributed by atoms with Gasteiger partial charge in [-0.3, -0.25) is 14.6 Å². The number of amides is 2. The molecule has 0 saturated heterocycles. The first-order chi connectivity index (χ1) is 15.5. The zero-order chi connectivity index (χ0) is 22.4. The minimum Gasteiger partial charge on any atom is -0.505 e. The number of anilines is 1. The maximum atomic E-state index is 12.9. The van der Waals surface area contributed by atoms with Gasteiger partial charge in [0.15, 0.2) is 0 Å². The van der Waals surface area contributed by atoms with Crippen LogP contribution in [0.5, 0.6) is 5.75 Å². The molecule has 1 aliphatic rings. The standard InChI is InChI=1S/C26H19N3O3/c1-15-13-16(2)24(30)23-19(15)10-9-18(28-23)8-7-17-5-3-4-6-22(17)29-25(31)20-11-12-27-14-21(20)26(29)32/h3-14,30H,1-2H3/b8-7+. The van der Waals surface area contributed by atoms with Gasteiger partial charge in [0.05, 0.1) is 22.5 Å². The first-order valence-corrected chi connectivity index (χ1v) is 10.2. The monoisotopic (exact) mass is 421 g/mol. The van der Waals surface area contributed by atoms with Crippen LogP contribution >= 0.6 is 0 Å². The molecule has 6 nitrogen and oxygen atoms in total. The number of fused-ring (bicyclic) bond motifs is 2. The minimum absolute atomic E-state index is 0.167. The van der Waals surface area contributed by atoms with Crippen molar-refractivity contribution in [3.63, 3.8) is 0 Å². The SMILES string of the molecule is Cc1cc(C)c2ccc(/C=C/c3ccccc3N3C(=O)c4ccncc4C3=O)nc2c1O. The predicted molar refractivity (Wildman–Crippen MR) is 124 cm³/mol. The van der Waals surface area contributed by atoms with Gasteiger partial charge in [0.1, 0.15) is 11.3 Å². The summed E-state index contributed by atoms with van der Waals surface area (Å²) in [5, 5.41) is 11.3. The van der Waals surface area contributed by atoms with Gasteiger partial charge in [-0.15, -0.1) is 0 Å². The van der Waals surface area contributed by atoms with Crippen molar-refractivity contribution in [2.75, 3.05) is 4.90 Å². The van der Waals surface area contributed by atoms with Crippen LogP contribution in [0.2, 0.25) is 0 Å². The van der Waals surface area contributed by atoms with Gasteiger partial charge in [0, 0.05) is 17.8 Å².